The van der Waals surface area contributed by atoms with Gasteiger partial charge in [-0.05, 0) is 185 Å². The molecule has 0 fully saturated rings. The van der Waals surface area contributed by atoms with Gasteiger partial charge in [-0.25, -0.2) is 62.1 Å². The van der Waals surface area contributed by atoms with Gasteiger partial charge < -0.3 is 67.6 Å². The topological polar surface area (TPSA) is 568 Å². The van der Waals surface area contributed by atoms with Gasteiger partial charge in [0.25, 0.3) is 5.69 Å². The van der Waals surface area contributed by atoms with Crippen molar-refractivity contribution in [2.45, 2.75) is 109 Å². The number of ether oxygens (including phenoxy) is 4. The lowest BCUT2D eigenvalue weighted by Crippen LogP contribution is -2.25. The van der Waals surface area contributed by atoms with Crippen LogP contribution in [0.1, 0.15) is 88.2 Å². The molecule has 0 saturated heterocycles. The molecule has 0 spiro atoms. The number of carbonyl (C=O) groups excluding carboxylic acids is 6. The molecule has 6 aromatic rings. The van der Waals surface area contributed by atoms with Crippen LogP contribution < -0.4 is 57.4 Å². The summed E-state index contributed by atoms with van der Waals surface area (Å²) in [6.07, 6.45) is -5.72. The summed E-state index contributed by atoms with van der Waals surface area (Å²) in [5.74, 6) is -3.20. The van der Waals surface area contributed by atoms with Gasteiger partial charge in [0.2, 0.25) is 40.1 Å². The number of hydrogen-bond donors (Lipinski definition) is 13. The summed E-state index contributed by atoms with van der Waals surface area (Å²) >= 11 is 0. The Morgan fingerprint density at radius 2 is 0.595 bits per heavy atom. The average Bonchev–Trinajstić information content (AvgIpc) is 0.852. The number of sulfonamides is 4. The van der Waals surface area contributed by atoms with Crippen LogP contribution in [0.15, 0.2) is 165 Å². The van der Waals surface area contributed by atoms with Crippen LogP contribution in [-0.2, 0) is 100 Å². The van der Waals surface area contributed by atoms with E-state index in [1.807, 2.05) is 0 Å². The van der Waals surface area contributed by atoms with Crippen LogP contribution in [0.5, 0.6) is 0 Å². The van der Waals surface area contributed by atoms with Gasteiger partial charge in [0.05, 0.1) is 64.1 Å². The van der Waals surface area contributed by atoms with Crippen molar-refractivity contribution < 1.29 is 132 Å². The number of esters is 4. The number of carboxylic acids is 2. The summed E-state index contributed by atoms with van der Waals surface area (Å²) < 4.78 is 198. The molecule has 0 heterocycles. The van der Waals surface area contributed by atoms with E-state index in [1.54, 1.807) is 0 Å². The molecule has 116 heavy (non-hydrogen) atoms. The van der Waals surface area contributed by atoms with Crippen LogP contribution in [0.25, 0.3) is 0 Å². The summed E-state index contributed by atoms with van der Waals surface area (Å²) in [5.41, 5.74) is 15.1. The van der Waals surface area contributed by atoms with Crippen molar-refractivity contribution in [2.24, 2.45) is 11.5 Å². The number of methoxy groups -OCH3 is 4. The molecule has 4 amide bonds. The van der Waals surface area contributed by atoms with Crippen LogP contribution >= 0.6 is 24.8 Å². The first-order valence-corrected chi connectivity index (χ1v) is 39.2. The predicted molar refractivity (Wildman–Crippen MR) is 417 cm³/mol. The molecule has 6 rings (SSSR count). The van der Waals surface area contributed by atoms with Crippen molar-refractivity contribution in [1.29, 1.82) is 0 Å². The highest BCUT2D eigenvalue weighted by Gasteiger charge is 2.31. The molecule has 36 nitrogen and oxygen atoms in total. The lowest BCUT2D eigenvalue weighted by molar-refractivity contribution is -0.384. The van der Waals surface area contributed by atoms with E-state index >= 15 is 0 Å². The Labute approximate surface area is 676 Å². The van der Waals surface area contributed by atoms with Crippen LogP contribution in [0, 0.1) is 10.1 Å². The molecule has 0 radical (unpaired) electrons. The first-order chi connectivity index (χ1) is 53.4. The number of amides is 4. The SMILES string of the molecule is COC(=O)CCCN.COC(=O)CCCNS(=O)(=O)c1ccc(N)cc1.COC(=O)CCCNS(=O)(=O)c1ccc(NC(=O)Nc2ccc(C(F)(F)F)cc2)cc1.COC(=O)CCCNS(=O)(=O)c1ccc([N+](=O)[O-])cc1.Cl.Cl.NCCCC(=O)O.O=C(O)CCCNS(=O)(=O)c1ccc(NC(=O)Nc2ccc(C(F)(F)F)cc2)cc1. The Hall–Kier alpha value is -10.4. The molecular formula is C68H90Cl2F6N12O24S4. The number of rotatable bonds is 35. The second kappa shape index (κ2) is 55.2. The van der Waals surface area contributed by atoms with E-state index in [0.29, 0.717) is 50.9 Å². The number of nitrogens with two attached hydrogens (primary N) is 3. The Kier molecular flexibility index (Phi) is 51.2. The van der Waals surface area contributed by atoms with E-state index in [4.69, 9.17) is 27.4 Å². The first kappa shape index (κ1) is 108. The van der Waals surface area contributed by atoms with Crippen molar-refractivity contribution in [3.8, 4) is 0 Å². The van der Waals surface area contributed by atoms with E-state index < -0.39 is 104 Å². The fourth-order valence-electron chi connectivity index (χ4n) is 7.91. The fraction of sp³-hybridized carbons (Fsp3) is 0.353. The van der Waals surface area contributed by atoms with Crippen molar-refractivity contribution in [1.82, 2.24) is 18.9 Å². The number of non-ortho nitro benzene ring substituents is 1. The number of carboxylic acid groups (broad SMARTS) is 2. The van der Waals surface area contributed by atoms with E-state index in [2.05, 4.69) is 59.1 Å². The zero-order valence-corrected chi connectivity index (χ0v) is 67.3. The van der Waals surface area contributed by atoms with Gasteiger partial charge in [0.15, 0.2) is 0 Å². The highest BCUT2D eigenvalue weighted by atomic mass is 35.5. The van der Waals surface area contributed by atoms with Gasteiger partial charge in [-0.3, -0.25) is 38.9 Å². The number of nitrogen functional groups attached to an aromatic ring is 1. The molecular weight excluding hydrogens is 1680 g/mol. The van der Waals surface area contributed by atoms with Gasteiger partial charge in [-0.1, -0.05) is 0 Å². The minimum absolute atomic E-state index is 0. The molecule has 48 heteroatoms. The van der Waals surface area contributed by atoms with E-state index in [-0.39, 0.29) is 156 Å². The molecule has 0 atom stereocenters. The number of urea groups is 2. The molecule has 0 bridgehead atoms. The summed E-state index contributed by atoms with van der Waals surface area (Å²) in [5, 5.41) is 36.6. The van der Waals surface area contributed by atoms with Crippen molar-refractivity contribution >= 4 is 147 Å². The number of hydrogen-bond acceptors (Lipinski definition) is 25. The summed E-state index contributed by atoms with van der Waals surface area (Å²) in [4.78, 5) is 96.9. The van der Waals surface area contributed by atoms with Crippen molar-refractivity contribution in [3.63, 3.8) is 0 Å². The summed E-state index contributed by atoms with van der Waals surface area (Å²) in [6, 6.07) is 27.2. The molecule has 0 unspecified atom stereocenters. The van der Waals surface area contributed by atoms with Gasteiger partial charge in [-0.2, -0.15) is 26.3 Å². The maximum Gasteiger partial charge on any atom is 0.416 e. The third kappa shape index (κ3) is 46.2. The number of nitrogens with zero attached hydrogens (tertiary/aromatic N) is 1. The predicted octanol–water partition coefficient (Wildman–Crippen LogP) is 8.95. The van der Waals surface area contributed by atoms with Gasteiger partial charge >= 0.3 is 60.2 Å². The number of aliphatic carboxylic acids is 2. The van der Waals surface area contributed by atoms with E-state index in [1.165, 1.54) is 101 Å². The van der Waals surface area contributed by atoms with Crippen LogP contribution in [-0.4, -0.2) is 164 Å². The normalized spacial score (nSPS) is 10.9. The second-order valence-corrected chi connectivity index (χ2v) is 29.6. The number of carbonyl (C=O) groups is 8. The molecule has 0 aliphatic rings. The smallest absolute Gasteiger partial charge is 0.416 e. The Morgan fingerprint density at radius 3 is 0.819 bits per heavy atom. The van der Waals surface area contributed by atoms with Crippen LogP contribution in [0.4, 0.5) is 70.1 Å². The Morgan fingerprint density at radius 1 is 0.379 bits per heavy atom. The minimum atomic E-state index is -4.48. The minimum Gasteiger partial charge on any atom is -0.481 e. The largest absolute Gasteiger partial charge is 0.481 e. The number of nitro benzene ring substituents is 1. The number of benzene rings is 6. The number of alkyl halides is 6. The highest BCUT2D eigenvalue weighted by Crippen LogP contribution is 2.31. The van der Waals surface area contributed by atoms with Crippen LogP contribution in [0.3, 0.4) is 0 Å². The van der Waals surface area contributed by atoms with Gasteiger partial charge in [-0.15, -0.1) is 24.8 Å². The van der Waals surface area contributed by atoms with Crippen molar-refractivity contribution in [2.75, 3.05) is 94.7 Å². The number of halogens is 8. The quantitative estimate of drug-likeness (QED) is 0.00335. The fourth-order valence-corrected chi connectivity index (χ4v) is 12.2. The number of nitrogens with one attached hydrogen (secondary N) is 8. The maximum atomic E-state index is 12.6. The molecule has 0 aliphatic carbocycles. The molecule has 0 aliphatic heterocycles. The zero-order valence-electron chi connectivity index (χ0n) is 62.4. The maximum absolute atomic E-state index is 12.6. The summed E-state index contributed by atoms with van der Waals surface area (Å²) in [7, 11) is -9.74. The first-order valence-electron chi connectivity index (χ1n) is 33.3. The number of anilines is 5. The third-order valence-corrected chi connectivity index (χ3v) is 19.7. The van der Waals surface area contributed by atoms with E-state index in [9.17, 15) is 108 Å². The van der Waals surface area contributed by atoms with Gasteiger partial charge in [0.1, 0.15) is 0 Å². The molecule has 6 aromatic carbocycles. The lowest BCUT2D eigenvalue weighted by atomic mass is 10.2. The molecule has 16 N–H and O–H groups in total. The Bertz CT molecular complexity index is 4520. The summed E-state index contributed by atoms with van der Waals surface area (Å²) in [6.45, 7) is 1.29. The van der Waals surface area contributed by atoms with Gasteiger partial charge in [0, 0.05) is 105 Å². The monoisotopic (exact) mass is 1770 g/mol. The third-order valence-electron chi connectivity index (χ3n) is 13.8. The molecule has 0 aromatic heterocycles. The van der Waals surface area contributed by atoms with Crippen LogP contribution in [0.2, 0.25) is 0 Å². The molecule has 646 valence electrons. The highest BCUT2D eigenvalue weighted by molar-refractivity contribution is 7.90. The van der Waals surface area contributed by atoms with E-state index in [0.717, 1.165) is 72.8 Å². The molecule has 0 saturated carbocycles. The lowest BCUT2D eigenvalue weighted by Gasteiger charge is -2.11. The number of nitro groups is 1. The Balaban J connectivity index is 0. The second-order valence-electron chi connectivity index (χ2n) is 22.6. The standard InChI is InChI=1S/C19H20F3N3O5S.C18H18F3N3O5S.C11H14N2O6S.C11H16N2O4S.C5H11NO2.C4H9NO2.2ClH/c1-30-17(26)3-2-12-23-31(28,29)16-10-8-15(9-11-16)25-18(27)24-14-6-4-13(5-7-14)19(20,21)22;19-18(20,21)12-3-5-13(6-4-12)23-17(27)24-14-7-9-15(10-8-14)30(28,29)22-11-1-2-16(25)26;1-19-11(14)3-2-8-12-20(17,18)10-6-4-9(5-7-10)13(15)16;1-17-11(14)3-2-8-13-18(15,16)10-6-4-9(12)5-7-10;1-8-5(7)3-2-4-6;5-3-1-2-4(6)7;;/h4-11,23H,2-3,12H2,1H3,(H2,24,25,27);3-10,22H,1-2,11H2,(H,25,26)(H2,23,24,27);4-7,12H,2-3,8H2,1H3;4-7,13H,2-3,8,12H2,1H3;2-4,6H2,1H3;1-3,5H2,(H,6,7);2*1H. The zero-order chi connectivity index (χ0) is 86.3. The average molecular weight is 1770 g/mol. The van der Waals surface area contributed by atoms with Crippen molar-refractivity contribution in [3.05, 3.63) is 167 Å².